The third kappa shape index (κ3) is 7.40. The van der Waals surface area contributed by atoms with Gasteiger partial charge in [0.2, 0.25) is 0 Å². The van der Waals surface area contributed by atoms with Crippen molar-refractivity contribution in [3.05, 3.63) is 51.2 Å². The molecule has 0 fully saturated rings. The lowest BCUT2D eigenvalue weighted by atomic mass is 10.1. The van der Waals surface area contributed by atoms with Crippen LogP contribution >= 0.6 is 22.9 Å². The maximum absolute atomic E-state index is 11.9. The van der Waals surface area contributed by atoms with Gasteiger partial charge in [0.25, 0.3) is 5.91 Å². The number of benzene rings is 1. The Hall–Kier alpha value is -2.38. The fourth-order valence-electron chi connectivity index (χ4n) is 2.21. The first-order valence-electron chi connectivity index (χ1n) is 8.31. The van der Waals surface area contributed by atoms with Crippen molar-refractivity contribution >= 4 is 40.6 Å². The van der Waals surface area contributed by atoms with E-state index < -0.39 is 5.97 Å². The van der Waals surface area contributed by atoms with Gasteiger partial charge in [-0.05, 0) is 36.2 Å². The van der Waals surface area contributed by atoms with E-state index in [9.17, 15) is 14.4 Å². The normalized spacial score (nSPS) is 10.3. The first kappa shape index (κ1) is 20.9. The number of nitrogens with one attached hydrogen (secondary N) is 1. The monoisotopic (exact) mass is 409 g/mol. The third-order valence-electron chi connectivity index (χ3n) is 3.66. The van der Waals surface area contributed by atoms with E-state index in [2.05, 4.69) is 5.32 Å². The van der Waals surface area contributed by atoms with Gasteiger partial charge in [-0.1, -0.05) is 23.7 Å². The number of rotatable bonds is 10. The highest BCUT2D eigenvalue weighted by Crippen LogP contribution is 2.22. The minimum atomic E-state index is -0.587. The minimum Gasteiger partial charge on any atom is -0.497 e. The standard InChI is InChI=1S/C19H20ClNO5S/c1-25-14-4-2-13(3-5-14)10-11-21-18(23)12-26-19(24)9-6-15(22)16-7-8-17(20)27-16/h2-5,7-8H,6,9-12H2,1H3,(H,21,23). The first-order chi connectivity index (χ1) is 13.0. The molecule has 0 aliphatic carbocycles. The summed E-state index contributed by atoms with van der Waals surface area (Å²) in [4.78, 5) is 35.7. The summed E-state index contributed by atoms with van der Waals surface area (Å²) in [5.41, 5.74) is 1.06. The van der Waals surface area contributed by atoms with Crippen molar-refractivity contribution in [2.24, 2.45) is 0 Å². The first-order valence-corrected chi connectivity index (χ1v) is 9.51. The summed E-state index contributed by atoms with van der Waals surface area (Å²) < 4.78 is 10.5. The Labute approximate surface area is 166 Å². The molecule has 27 heavy (non-hydrogen) atoms. The molecule has 1 aromatic carbocycles. The largest absolute Gasteiger partial charge is 0.497 e. The smallest absolute Gasteiger partial charge is 0.306 e. The molecule has 0 atom stereocenters. The number of carbonyl (C=O) groups excluding carboxylic acids is 3. The molecule has 0 radical (unpaired) electrons. The number of ether oxygens (including phenoxy) is 2. The molecule has 2 rings (SSSR count). The van der Waals surface area contributed by atoms with Gasteiger partial charge in [-0.15, -0.1) is 11.3 Å². The van der Waals surface area contributed by atoms with Gasteiger partial charge in [0.1, 0.15) is 5.75 Å². The van der Waals surface area contributed by atoms with Crippen LogP contribution in [0.1, 0.15) is 28.1 Å². The van der Waals surface area contributed by atoms with Crippen LogP contribution in [-0.4, -0.2) is 37.9 Å². The fraction of sp³-hybridized carbons (Fsp3) is 0.316. The van der Waals surface area contributed by atoms with Crippen molar-refractivity contribution in [1.82, 2.24) is 5.32 Å². The molecular weight excluding hydrogens is 390 g/mol. The average molecular weight is 410 g/mol. The summed E-state index contributed by atoms with van der Waals surface area (Å²) in [6.07, 6.45) is 0.601. The quantitative estimate of drug-likeness (QED) is 0.481. The number of thiophene rings is 1. The number of hydrogen-bond acceptors (Lipinski definition) is 6. The van der Waals surface area contributed by atoms with Crippen molar-refractivity contribution in [1.29, 1.82) is 0 Å². The summed E-state index contributed by atoms with van der Waals surface area (Å²) in [6, 6.07) is 10.8. The lowest BCUT2D eigenvalue weighted by Gasteiger charge is -2.07. The maximum Gasteiger partial charge on any atom is 0.306 e. The minimum absolute atomic E-state index is 0.0226. The van der Waals surface area contributed by atoms with Crippen molar-refractivity contribution in [3.63, 3.8) is 0 Å². The lowest BCUT2D eigenvalue weighted by molar-refractivity contribution is -0.148. The number of methoxy groups -OCH3 is 1. The molecule has 8 heteroatoms. The molecule has 0 unspecified atom stereocenters. The number of Topliss-reactive ketones (excluding diaryl/α,β-unsaturated/α-hetero) is 1. The van der Waals surface area contributed by atoms with Crippen molar-refractivity contribution in [3.8, 4) is 5.75 Å². The van der Waals surface area contributed by atoms with E-state index in [1.165, 1.54) is 11.3 Å². The van der Waals surface area contributed by atoms with E-state index >= 15 is 0 Å². The summed E-state index contributed by atoms with van der Waals surface area (Å²) in [7, 11) is 1.60. The topological polar surface area (TPSA) is 81.7 Å². The van der Waals surface area contributed by atoms with E-state index in [-0.39, 0.29) is 31.1 Å². The number of amides is 1. The molecule has 0 aliphatic heterocycles. The second-order valence-corrected chi connectivity index (χ2v) is 7.35. The summed E-state index contributed by atoms with van der Waals surface area (Å²) in [5, 5.41) is 2.68. The predicted molar refractivity (Wildman–Crippen MR) is 104 cm³/mol. The SMILES string of the molecule is COc1ccc(CCNC(=O)COC(=O)CCC(=O)c2ccc(Cl)s2)cc1. The van der Waals surface area contributed by atoms with Gasteiger partial charge in [0.05, 0.1) is 22.7 Å². The van der Waals surface area contributed by atoms with Crippen LogP contribution < -0.4 is 10.1 Å². The number of ketones is 1. The van der Waals surface area contributed by atoms with Gasteiger partial charge in [-0.25, -0.2) is 0 Å². The molecule has 0 saturated carbocycles. The van der Waals surface area contributed by atoms with Gasteiger partial charge in [-0.2, -0.15) is 0 Å². The number of halogens is 1. The molecular formula is C19H20ClNO5S. The maximum atomic E-state index is 11.9. The molecule has 1 N–H and O–H groups in total. The number of hydrogen-bond donors (Lipinski definition) is 1. The molecule has 6 nitrogen and oxygen atoms in total. The van der Waals surface area contributed by atoms with Crippen molar-refractivity contribution in [2.45, 2.75) is 19.3 Å². The Morgan fingerprint density at radius 3 is 2.44 bits per heavy atom. The Bertz CT molecular complexity index is 788. The predicted octanol–water partition coefficient (Wildman–Crippen LogP) is 3.28. The zero-order valence-electron chi connectivity index (χ0n) is 14.8. The summed E-state index contributed by atoms with van der Waals surface area (Å²) in [5.74, 6) is -0.368. The van der Waals surface area contributed by atoms with Crippen LogP contribution in [0.3, 0.4) is 0 Å². The van der Waals surface area contributed by atoms with Crippen molar-refractivity contribution in [2.75, 3.05) is 20.3 Å². The highest BCUT2D eigenvalue weighted by molar-refractivity contribution is 7.18. The number of esters is 1. The summed E-state index contributed by atoms with van der Waals surface area (Å²) >= 11 is 6.94. The molecule has 1 heterocycles. The van der Waals surface area contributed by atoms with Crippen LogP contribution in [0.15, 0.2) is 36.4 Å². The van der Waals surface area contributed by atoms with Crippen LogP contribution in [0.4, 0.5) is 0 Å². The van der Waals surface area contributed by atoms with Gasteiger partial charge in [0.15, 0.2) is 12.4 Å². The van der Waals surface area contributed by atoms with Crippen LogP contribution in [0.25, 0.3) is 0 Å². The van der Waals surface area contributed by atoms with Gasteiger partial charge >= 0.3 is 5.97 Å². The van der Waals surface area contributed by atoms with Crippen LogP contribution in [0, 0.1) is 0 Å². The summed E-state index contributed by atoms with van der Waals surface area (Å²) in [6.45, 7) is 0.0702. The second kappa shape index (κ2) is 10.7. The van der Waals surface area contributed by atoms with E-state index in [4.69, 9.17) is 21.1 Å². The highest BCUT2D eigenvalue weighted by atomic mass is 35.5. The van der Waals surface area contributed by atoms with Crippen LogP contribution in [0.2, 0.25) is 4.34 Å². The molecule has 0 bridgehead atoms. The van der Waals surface area contributed by atoms with E-state index in [1.807, 2.05) is 24.3 Å². The third-order valence-corrected chi connectivity index (χ3v) is 4.94. The molecule has 1 aromatic heterocycles. The fourth-order valence-corrected chi connectivity index (χ4v) is 3.22. The van der Waals surface area contributed by atoms with E-state index in [0.717, 1.165) is 11.3 Å². The zero-order chi connectivity index (χ0) is 19.6. The molecule has 1 amide bonds. The molecule has 2 aromatic rings. The molecule has 0 saturated heterocycles. The highest BCUT2D eigenvalue weighted by Gasteiger charge is 2.13. The van der Waals surface area contributed by atoms with E-state index in [1.54, 1.807) is 19.2 Å². The van der Waals surface area contributed by atoms with E-state index in [0.29, 0.717) is 22.2 Å². The Kier molecular flexibility index (Phi) is 8.29. The molecule has 144 valence electrons. The Morgan fingerprint density at radius 2 is 1.81 bits per heavy atom. The molecule has 0 spiro atoms. The Morgan fingerprint density at radius 1 is 1.07 bits per heavy atom. The van der Waals surface area contributed by atoms with Crippen molar-refractivity contribution < 1.29 is 23.9 Å². The van der Waals surface area contributed by atoms with Gasteiger partial charge in [-0.3, -0.25) is 14.4 Å². The van der Waals surface area contributed by atoms with Gasteiger partial charge in [0, 0.05) is 13.0 Å². The van der Waals surface area contributed by atoms with Crippen LogP contribution in [0.5, 0.6) is 5.75 Å². The lowest BCUT2D eigenvalue weighted by Crippen LogP contribution is -2.30. The number of carbonyl (C=O) groups is 3. The average Bonchev–Trinajstić information content (AvgIpc) is 3.11. The second-order valence-electron chi connectivity index (χ2n) is 5.64. The Balaban J connectivity index is 1.60. The zero-order valence-corrected chi connectivity index (χ0v) is 16.4. The van der Waals surface area contributed by atoms with Gasteiger partial charge < -0.3 is 14.8 Å². The molecule has 0 aliphatic rings. The van der Waals surface area contributed by atoms with Crippen LogP contribution in [-0.2, 0) is 20.7 Å².